The van der Waals surface area contributed by atoms with Crippen LogP contribution in [0.1, 0.15) is 263 Å². The molecule has 12 nitrogen and oxygen atoms in total. The molecule has 0 saturated carbocycles. The van der Waals surface area contributed by atoms with Crippen LogP contribution in [0.2, 0.25) is 0 Å². The predicted octanol–water partition coefficient (Wildman–Crippen LogP) is 27.5. The summed E-state index contributed by atoms with van der Waals surface area (Å²) in [5.41, 5.74) is 9.23. The zero-order valence-electron chi connectivity index (χ0n) is 74.4. The number of fused-ring (bicyclic) bond motifs is 24. The van der Waals surface area contributed by atoms with Gasteiger partial charge < -0.3 is 48.9 Å². The van der Waals surface area contributed by atoms with E-state index in [0.717, 1.165) is 187 Å². The molecule has 0 saturated heterocycles. The van der Waals surface area contributed by atoms with Crippen molar-refractivity contribution < 1.29 is 40.9 Å². The van der Waals surface area contributed by atoms with E-state index in [0.29, 0.717) is 96.0 Å². The molecule has 4 unspecified atom stereocenters. The van der Waals surface area contributed by atoms with Crippen molar-refractivity contribution in [3.05, 3.63) is 148 Å². The predicted molar refractivity (Wildman–Crippen MR) is 486 cm³/mol. The molecule has 2 radical (unpaired) electrons. The topological polar surface area (TPSA) is 142 Å². The third-order valence-corrected chi connectivity index (χ3v) is 26.1. The minimum absolute atomic E-state index is 0.157. The third kappa shape index (κ3) is 19.0. The first-order valence-electron chi connectivity index (χ1n) is 44.1. The van der Waals surface area contributed by atoms with E-state index in [9.17, 15) is 22.0 Å². The summed E-state index contributed by atoms with van der Waals surface area (Å²) in [5.74, 6) is -2.30. The van der Waals surface area contributed by atoms with Crippen molar-refractivity contribution in [3.63, 3.8) is 0 Å². The molecule has 0 fully saturated rings. The third-order valence-electron chi connectivity index (χ3n) is 24.6. The Morgan fingerprint density at radius 1 is 0.292 bits per heavy atom. The van der Waals surface area contributed by atoms with Gasteiger partial charge in [0.1, 0.15) is 23.0 Å². The Bertz CT molecular complexity index is 5570. The number of hydrogen-bond donors (Lipinski definition) is 0. The zero-order valence-corrected chi connectivity index (χ0v) is 77.7. The molecule has 5 heterocycles. The van der Waals surface area contributed by atoms with Crippen LogP contribution < -0.4 is 32.2 Å². The van der Waals surface area contributed by atoms with Crippen molar-refractivity contribution in [2.75, 3.05) is 26.4 Å². The molecule has 4 atom stereocenters. The summed E-state index contributed by atoms with van der Waals surface area (Å²) < 4.78 is 89.4. The summed E-state index contributed by atoms with van der Waals surface area (Å²) in [5, 5.41) is 11.4. The van der Waals surface area contributed by atoms with E-state index in [1.54, 1.807) is 0 Å². The monoisotopic (exact) mass is 1730 g/mol. The molecule has 120 heavy (non-hydrogen) atoms. The Morgan fingerprint density at radius 2 is 0.525 bits per heavy atom. The van der Waals surface area contributed by atoms with Gasteiger partial charge in [0.25, 0.3) is 0 Å². The molecular weight excluding hydrogens is 1610 g/mol. The Morgan fingerprint density at radius 3 is 0.775 bits per heavy atom. The van der Waals surface area contributed by atoms with E-state index in [1.165, 1.54) is 47.9 Å². The number of benzene rings is 9. The molecule has 0 N–H and O–H groups in total. The summed E-state index contributed by atoms with van der Waals surface area (Å²) in [7, 11) is 0. The fraction of sp³-hybridized carbons (Fsp3) is 0.471. The van der Waals surface area contributed by atoms with Crippen molar-refractivity contribution in [2.24, 2.45) is 23.7 Å². The van der Waals surface area contributed by atoms with Crippen LogP contribution in [0.3, 0.4) is 0 Å². The van der Waals surface area contributed by atoms with Crippen LogP contribution in [-0.4, -0.2) is 80.7 Å². The summed E-state index contributed by atoms with van der Waals surface area (Å²) in [6.45, 7) is 48.0. The quantitative estimate of drug-likeness (QED) is 0.0262. The fourth-order valence-corrected chi connectivity index (χ4v) is 16.9. The van der Waals surface area contributed by atoms with E-state index < -0.39 is 32.4 Å². The summed E-state index contributed by atoms with van der Waals surface area (Å²) in [6.07, 6.45) is 17.9. The first-order valence-corrected chi connectivity index (χ1v) is 45.7. The fourth-order valence-electron chi connectivity index (χ4n) is 16.2. The van der Waals surface area contributed by atoms with Crippen LogP contribution >= 0.6 is 0 Å². The van der Waals surface area contributed by atoms with Gasteiger partial charge in [0, 0.05) is 66.4 Å². The van der Waals surface area contributed by atoms with Gasteiger partial charge in [0.15, 0.2) is 0 Å². The molecule has 8 bridgehead atoms. The average Bonchev–Trinajstić information content (AvgIpc) is 1.58. The van der Waals surface area contributed by atoms with Gasteiger partial charge in [-0.1, -0.05) is 240 Å². The van der Waals surface area contributed by atoms with Crippen molar-refractivity contribution in [2.45, 2.75) is 263 Å². The molecule has 14 rings (SSSR count). The van der Waals surface area contributed by atoms with Crippen molar-refractivity contribution >= 4 is 115 Å². The number of unbranched alkanes of at least 4 members (excludes halogenated alkanes) is 4. The van der Waals surface area contributed by atoms with Crippen LogP contribution in [0.25, 0.3) is 133 Å². The molecule has 3 aromatic heterocycles. The number of aromatic nitrogens is 8. The molecule has 2 aliphatic heterocycles. The maximum atomic E-state index is 12.4. The Kier molecular flexibility index (Phi) is 27.1. The SMILES string of the molecule is CCCCC(CC)COc1cc(C(C)(C)C)cc2cc3c(cc12)-c1nc-3nc2[n-]c(nc3nc(nc4[n-]c(n1)c1cc5cc(C(C)(C)C)cc(OCC(CC)CCCC)c5cc41)-c1cc4cc(C(C)(C)C)cc(OCC(CC)CCCC)c4cc1-3)c1cc3cc(C(C)(C)C)cc(OCC(CC)CCCC)c3cc21.Fc1c(F)c(F)[c]([In])c(F)c1F. The number of halogens is 5. The minimum atomic E-state index is -2.11. The summed E-state index contributed by atoms with van der Waals surface area (Å²) >= 11 is -0.157. The van der Waals surface area contributed by atoms with E-state index >= 15 is 0 Å². The second-order valence-electron chi connectivity index (χ2n) is 37.8. The number of nitrogens with zero attached hydrogens (tertiary/aromatic N) is 8. The van der Waals surface area contributed by atoms with Crippen molar-refractivity contribution in [1.82, 2.24) is 39.9 Å². The Labute approximate surface area is 720 Å². The second kappa shape index (κ2) is 36.6. The average molecular weight is 1730 g/mol. The first-order chi connectivity index (χ1) is 57.1. The van der Waals surface area contributed by atoms with Gasteiger partial charge in [0.2, 0.25) is 0 Å². The molecule has 0 spiro atoms. The Hall–Kier alpha value is -8.90. The molecular formula is C102H120F5InN8O4-2. The summed E-state index contributed by atoms with van der Waals surface area (Å²) in [6, 6.07) is 36.3. The number of ether oxygens (including phenoxy) is 4. The molecule has 9 aromatic carbocycles. The second-order valence-corrected chi connectivity index (χ2v) is 39.4. The van der Waals surface area contributed by atoms with Gasteiger partial charge in [-0.25, -0.2) is 9.97 Å². The van der Waals surface area contributed by atoms with Crippen LogP contribution in [0, 0.1) is 52.8 Å². The van der Waals surface area contributed by atoms with Crippen molar-refractivity contribution in [3.8, 4) is 68.5 Å². The number of hydrogen-bond acceptors (Lipinski definition) is 10. The Balaban J connectivity index is 0.000000953. The van der Waals surface area contributed by atoms with Gasteiger partial charge >= 0.3 is 78.7 Å². The van der Waals surface area contributed by atoms with Crippen LogP contribution in [0.15, 0.2) is 97.1 Å². The van der Waals surface area contributed by atoms with Gasteiger partial charge in [-0.3, -0.25) is 0 Å². The van der Waals surface area contributed by atoms with Crippen LogP contribution in [0.4, 0.5) is 22.0 Å². The summed E-state index contributed by atoms with van der Waals surface area (Å²) in [4.78, 5) is 45.4. The standard InChI is InChI=1S/C96H120N8O4.C6F5.In/c1-21-29-33-57(25-5)53-105-81-45-65(93(9,10)11)37-61-41-73-77(49-69(61)81)89-97-85(73)102-90-79-51-71-63(39-67(95(15,16)17)47-83(71)107-55-59(27-7)35-31-23-3)43-75(79)87(99-90)104-92-80-52-72-64(40-68(96(18,19)20)48-84(72)108-56-60(28-8)36-32-24-4)44-76(80)88(100-92)103-91-78-50-70-62(42-74(78)86(98-91)101-89)38-66(94(12,13)14)46-82(70)106-54-58(26-6)34-30-22-2;7-2-1-3(8)5(10)6(11)4(2)9;/h37-52,57-60H,21-36,53-56H2,1-20H3;;/q-2;;. The van der Waals surface area contributed by atoms with Gasteiger partial charge in [-0.15, -0.1) is 0 Å². The van der Waals surface area contributed by atoms with Crippen LogP contribution in [0.5, 0.6) is 23.0 Å². The zero-order chi connectivity index (χ0) is 86.2. The molecule has 18 heteroatoms. The first kappa shape index (κ1) is 88.9. The molecule has 0 aliphatic carbocycles. The van der Waals surface area contributed by atoms with Crippen molar-refractivity contribution in [1.29, 1.82) is 0 Å². The van der Waals surface area contributed by atoms with Gasteiger partial charge in [-0.2, -0.15) is 0 Å². The van der Waals surface area contributed by atoms with E-state index in [2.05, 4.69) is 236 Å². The maximum absolute atomic E-state index is 12.4. The molecule has 2 aliphatic rings. The molecule has 12 aromatic rings. The molecule has 0 amide bonds. The molecule has 632 valence electrons. The van der Waals surface area contributed by atoms with Gasteiger partial charge in [-0.05, 0) is 209 Å². The van der Waals surface area contributed by atoms with E-state index in [4.69, 9.17) is 58.8 Å². The van der Waals surface area contributed by atoms with Gasteiger partial charge in [0.05, 0.1) is 49.7 Å². The van der Waals surface area contributed by atoms with Crippen LogP contribution in [-0.2, 0) is 21.7 Å². The van der Waals surface area contributed by atoms with E-state index in [-0.39, 0.29) is 46.0 Å². The normalized spacial score (nSPS) is 13.6. The number of rotatable bonds is 28. The van der Waals surface area contributed by atoms with E-state index in [1.807, 2.05) is 0 Å².